The van der Waals surface area contributed by atoms with Crippen LogP contribution >= 0.6 is 0 Å². The first-order chi connectivity index (χ1) is 17.8. The van der Waals surface area contributed by atoms with Gasteiger partial charge in [-0.1, -0.05) is 60.7 Å². The van der Waals surface area contributed by atoms with Crippen LogP contribution in [0.25, 0.3) is 0 Å². The van der Waals surface area contributed by atoms with Crippen molar-refractivity contribution in [1.29, 1.82) is 5.26 Å². The third-order valence-corrected chi connectivity index (χ3v) is 8.69. The van der Waals surface area contributed by atoms with Crippen molar-refractivity contribution in [2.75, 3.05) is 32.5 Å². The molecule has 9 heteroatoms. The van der Waals surface area contributed by atoms with Crippen LogP contribution in [-0.2, 0) is 15.6 Å². The summed E-state index contributed by atoms with van der Waals surface area (Å²) in [4.78, 5) is 6.16. The lowest BCUT2D eigenvalue weighted by Crippen LogP contribution is -2.47. The van der Waals surface area contributed by atoms with Crippen LogP contribution < -0.4 is 5.32 Å². The minimum atomic E-state index is -3.53. The summed E-state index contributed by atoms with van der Waals surface area (Å²) in [7, 11) is -0.559. The number of hydrogen-bond donors (Lipinski definition) is 2. The van der Waals surface area contributed by atoms with E-state index in [1.165, 1.54) is 26.2 Å². The van der Waals surface area contributed by atoms with E-state index < -0.39 is 15.6 Å². The first-order valence-electron chi connectivity index (χ1n) is 12.1. The Labute approximate surface area is 218 Å². The first kappa shape index (κ1) is 26.4. The van der Waals surface area contributed by atoms with Gasteiger partial charge < -0.3 is 15.3 Å². The first-order valence-corrected chi connectivity index (χ1v) is 13.6. The topological polar surface area (TPSA) is 109 Å². The number of piperidine rings is 1. The van der Waals surface area contributed by atoms with Crippen LogP contribution in [0.5, 0.6) is 0 Å². The van der Waals surface area contributed by atoms with Gasteiger partial charge in [-0.2, -0.15) is 5.26 Å². The number of rotatable bonds is 6. The Balaban J connectivity index is 1.51. The molecule has 1 saturated heterocycles. The van der Waals surface area contributed by atoms with Crippen molar-refractivity contribution >= 4 is 21.7 Å². The number of benzene rings is 3. The van der Waals surface area contributed by atoms with Gasteiger partial charge >= 0.3 is 0 Å². The number of nitrogens with one attached hydrogen (secondary N) is 1. The Morgan fingerprint density at radius 1 is 0.973 bits per heavy atom. The van der Waals surface area contributed by atoms with Crippen LogP contribution in [0.4, 0.5) is 5.69 Å². The molecule has 0 aliphatic carbocycles. The predicted octanol–water partition coefficient (Wildman–Crippen LogP) is 3.83. The van der Waals surface area contributed by atoms with E-state index in [9.17, 15) is 18.8 Å². The van der Waals surface area contributed by atoms with Crippen LogP contribution in [0, 0.1) is 17.4 Å². The maximum Gasteiger partial charge on any atom is 0.242 e. The quantitative estimate of drug-likeness (QED) is 0.292. The highest BCUT2D eigenvalue weighted by molar-refractivity contribution is 7.89. The van der Waals surface area contributed by atoms with Gasteiger partial charge in [-0.25, -0.2) is 12.7 Å². The minimum absolute atomic E-state index is 0.0348. The second kappa shape index (κ2) is 11.1. The van der Waals surface area contributed by atoms with Gasteiger partial charge in [0.25, 0.3) is 0 Å². The van der Waals surface area contributed by atoms with Gasteiger partial charge in [-0.15, -0.1) is 4.99 Å². The van der Waals surface area contributed by atoms with Crippen LogP contribution in [0.15, 0.2) is 94.8 Å². The zero-order valence-corrected chi connectivity index (χ0v) is 21.8. The normalized spacial score (nSPS) is 15.4. The molecular formula is C28H31N5O3S. The van der Waals surface area contributed by atoms with Gasteiger partial charge in [-0.05, 0) is 54.2 Å². The molecule has 0 aromatic heterocycles. The Morgan fingerprint density at radius 3 is 1.95 bits per heavy atom. The Kier molecular flexibility index (Phi) is 7.93. The second-order valence-electron chi connectivity index (χ2n) is 9.23. The fourth-order valence-electron chi connectivity index (χ4n) is 4.81. The molecule has 0 atom stereocenters. The summed E-state index contributed by atoms with van der Waals surface area (Å²) in [5, 5.41) is 24.6. The summed E-state index contributed by atoms with van der Waals surface area (Å²) in [6.07, 6.45) is 3.23. The zero-order chi connectivity index (χ0) is 26.5. The van der Waals surface area contributed by atoms with Crippen LogP contribution in [0.2, 0.25) is 0 Å². The average Bonchev–Trinajstić information content (AvgIpc) is 2.93. The molecule has 3 aromatic rings. The Hall–Kier alpha value is -3.71. The minimum Gasteiger partial charge on any atom is -0.380 e. The Bertz CT molecular complexity index is 1320. The third kappa shape index (κ3) is 5.52. The number of likely N-dealkylation sites (tertiary alicyclic amines) is 1. The molecule has 8 nitrogen and oxygen atoms in total. The van der Waals surface area contributed by atoms with Crippen molar-refractivity contribution in [3.8, 4) is 6.19 Å². The molecule has 192 valence electrons. The van der Waals surface area contributed by atoms with Crippen LogP contribution in [0.3, 0.4) is 0 Å². The van der Waals surface area contributed by atoms with Crippen molar-refractivity contribution in [3.05, 3.63) is 96.1 Å². The fourth-order valence-corrected chi connectivity index (χ4v) is 5.71. The number of aliphatic imine (C=N–C) groups is 1. The van der Waals surface area contributed by atoms with E-state index in [1.54, 1.807) is 12.1 Å². The molecule has 0 unspecified atom stereocenters. The van der Waals surface area contributed by atoms with E-state index >= 15 is 0 Å². The van der Waals surface area contributed by atoms with Crippen molar-refractivity contribution in [2.24, 2.45) is 10.9 Å². The van der Waals surface area contributed by atoms with E-state index in [0.717, 1.165) is 15.4 Å². The maximum absolute atomic E-state index is 12.3. The molecule has 1 fully saturated rings. The molecule has 1 aliphatic heterocycles. The number of hydrogen-bond acceptors (Lipinski definition) is 5. The molecule has 0 spiro atoms. The SMILES string of the molecule is CN(C)S(=O)(=O)c1ccc(N/C(=N/C#N)N2CCC(C(O)(c3ccccc3)c3ccccc3)CC2)cc1. The number of aliphatic hydroxyl groups is 1. The average molecular weight is 518 g/mol. The molecular weight excluding hydrogens is 486 g/mol. The fraction of sp³-hybridized carbons (Fsp3) is 0.286. The standard InChI is InChI=1S/C28H31N5O3S/c1-32(2)37(35,36)26-15-13-25(14-16-26)31-27(30-21-29)33-19-17-24(18-20-33)28(34,22-9-5-3-6-10-22)23-11-7-4-8-12-23/h3-16,24,34H,17-20H2,1-2H3,(H,30,31). The summed E-state index contributed by atoms with van der Waals surface area (Å²) < 4.78 is 25.8. The number of anilines is 1. The highest BCUT2D eigenvalue weighted by atomic mass is 32.2. The zero-order valence-electron chi connectivity index (χ0n) is 20.9. The molecule has 0 saturated carbocycles. The van der Waals surface area contributed by atoms with Crippen LogP contribution in [-0.4, -0.2) is 55.9 Å². The predicted molar refractivity (Wildman–Crippen MR) is 144 cm³/mol. The Morgan fingerprint density at radius 2 is 1.49 bits per heavy atom. The van der Waals surface area contributed by atoms with Crippen molar-refractivity contribution in [2.45, 2.75) is 23.3 Å². The summed E-state index contributed by atoms with van der Waals surface area (Å²) in [6, 6.07) is 25.8. The number of guanidine groups is 1. The summed E-state index contributed by atoms with van der Waals surface area (Å²) in [5.41, 5.74) is 1.20. The van der Waals surface area contributed by atoms with Gasteiger partial charge in [0.2, 0.25) is 22.2 Å². The molecule has 3 aromatic carbocycles. The van der Waals surface area contributed by atoms with E-state index in [-0.39, 0.29) is 10.8 Å². The monoisotopic (exact) mass is 517 g/mol. The lowest BCUT2D eigenvalue weighted by Gasteiger charge is -2.43. The van der Waals surface area contributed by atoms with Gasteiger partial charge in [-0.3, -0.25) is 0 Å². The smallest absolute Gasteiger partial charge is 0.242 e. The molecule has 0 bridgehead atoms. The largest absolute Gasteiger partial charge is 0.380 e. The highest BCUT2D eigenvalue weighted by Gasteiger charge is 2.41. The molecule has 1 heterocycles. The number of nitrogens with zero attached hydrogens (tertiary/aromatic N) is 4. The summed E-state index contributed by atoms with van der Waals surface area (Å²) in [6.45, 7) is 1.18. The van der Waals surface area contributed by atoms with E-state index in [0.29, 0.717) is 37.6 Å². The van der Waals surface area contributed by atoms with Crippen molar-refractivity contribution < 1.29 is 13.5 Å². The third-order valence-electron chi connectivity index (χ3n) is 6.86. The summed E-state index contributed by atoms with van der Waals surface area (Å²) >= 11 is 0. The maximum atomic E-state index is 12.3. The summed E-state index contributed by atoms with van der Waals surface area (Å²) in [5.74, 6) is 0.361. The van der Waals surface area contributed by atoms with Gasteiger partial charge in [0.05, 0.1) is 4.90 Å². The van der Waals surface area contributed by atoms with Crippen molar-refractivity contribution in [3.63, 3.8) is 0 Å². The molecule has 0 amide bonds. The van der Waals surface area contributed by atoms with Crippen LogP contribution in [0.1, 0.15) is 24.0 Å². The molecule has 2 N–H and O–H groups in total. The van der Waals surface area contributed by atoms with Gasteiger partial charge in [0.15, 0.2) is 0 Å². The lowest BCUT2D eigenvalue weighted by atomic mass is 9.72. The molecule has 4 rings (SSSR count). The molecule has 1 aliphatic rings. The van der Waals surface area contributed by atoms with Gasteiger partial charge in [0, 0.05) is 32.9 Å². The van der Waals surface area contributed by atoms with E-state index in [4.69, 9.17) is 0 Å². The van der Waals surface area contributed by atoms with Crippen molar-refractivity contribution in [1.82, 2.24) is 9.21 Å². The van der Waals surface area contributed by atoms with E-state index in [1.807, 2.05) is 71.8 Å². The molecule has 37 heavy (non-hydrogen) atoms. The highest BCUT2D eigenvalue weighted by Crippen LogP contribution is 2.42. The lowest BCUT2D eigenvalue weighted by molar-refractivity contribution is -0.00653. The number of sulfonamides is 1. The van der Waals surface area contributed by atoms with E-state index in [2.05, 4.69) is 10.3 Å². The number of nitriles is 1. The molecule has 0 radical (unpaired) electrons. The second-order valence-corrected chi connectivity index (χ2v) is 11.4. The van der Waals surface area contributed by atoms with Gasteiger partial charge in [0.1, 0.15) is 5.60 Å².